The van der Waals surface area contributed by atoms with E-state index in [2.05, 4.69) is 68.5 Å². The molecule has 4 rings (SSSR count). The van der Waals surface area contributed by atoms with E-state index in [4.69, 9.17) is 26.9 Å². The van der Waals surface area contributed by atoms with Crippen molar-refractivity contribution in [1.29, 1.82) is 0 Å². The van der Waals surface area contributed by atoms with Crippen LogP contribution in [0.25, 0.3) is 0 Å². The van der Waals surface area contributed by atoms with Crippen LogP contribution in [0.3, 0.4) is 0 Å². The molecule has 1 unspecified atom stereocenters. The molecule has 0 radical (unpaired) electrons. The van der Waals surface area contributed by atoms with Crippen molar-refractivity contribution in [3.63, 3.8) is 0 Å². The fraction of sp³-hybridized carbons (Fsp3) is 0.438. The average Bonchev–Trinajstić information content (AvgIpc) is 3.32. The number of rotatable bonds is 13. The van der Waals surface area contributed by atoms with Crippen molar-refractivity contribution >= 4 is 37.4 Å². The van der Waals surface area contributed by atoms with Gasteiger partial charge in [0.25, 0.3) is 0 Å². The molecule has 3 atom stereocenters. The molecule has 1 aromatic heterocycles. The smallest absolute Gasteiger partial charge is 0.460 e. The van der Waals surface area contributed by atoms with Crippen molar-refractivity contribution in [2.45, 2.75) is 83.5 Å². The molecular weight excluding hydrogens is 641 g/mol. The zero-order valence-corrected chi connectivity index (χ0v) is 30.7. The Kier molecular flexibility index (Phi) is 11.4. The average molecular weight is 685 g/mol. The number of esters is 2. The van der Waals surface area contributed by atoms with Crippen molar-refractivity contribution in [2.24, 2.45) is 0 Å². The predicted molar refractivity (Wildman–Crippen MR) is 179 cm³/mol. The van der Waals surface area contributed by atoms with E-state index < -0.39 is 61.5 Å². The van der Waals surface area contributed by atoms with Crippen LogP contribution in [0.15, 0.2) is 77.7 Å². The highest BCUT2D eigenvalue weighted by molar-refractivity contribution is 6.86. The molecule has 248 valence electrons. The van der Waals surface area contributed by atoms with Gasteiger partial charge in [0.2, 0.25) is 5.88 Å². The van der Waals surface area contributed by atoms with Crippen LogP contribution in [0.5, 0.6) is 5.88 Å². The molecule has 1 saturated heterocycles. The minimum absolute atomic E-state index is 0.0144. The SMILES string of the molecule is CC(=O)Oc1ccn([C@H]2CC(OC(C)=O)[C@@H](CO[Si](O[Si](C)(C)C)(O[Si](C)(C)C)C(c3ccccc3)c3ccccc3)O2)c(=O)n1. The first-order chi connectivity index (χ1) is 21.6. The quantitative estimate of drug-likeness (QED) is 0.170. The standard InChI is InChI=1S/C32H44N2O9Si3/c1-23(35)39-27-21-30(34-20-19-29(33-32(34)37)40-24(2)36)41-28(27)22-38-46(42-44(3,4)5,43-45(6,7)8)31(25-15-11-9-12-16-25)26-17-13-10-14-18-26/h9-20,27-28,30-31H,21-22H2,1-8H3/t27?,28-,30-/m1/s1. The Hall–Kier alpha value is -3.25. The number of nitrogens with zero attached hydrogens (tertiary/aromatic N) is 2. The molecule has 1 aliphatic heterocycles. The molecule has 0 spiro atoms. The lowest BCUT2D eigenvalue weighted by Crippen LogP contribution is -2.61. The number of hydrogen-bond acceptors (Lipinski definition) is 10. The zero-order chi connectivity index (χ0) is 33.7. The second kappa shape index (κ2) is 14.7. The molecule has 46 heavy (non-hydrogen) atoms. The maximum absolute atomic E-state index is 12.9. The topological polar surface area (TPSA) is 124 Å². The van der Waals surface area contributed by atoms with Gasteiger partial charge in [-0.3, -0.25) is 14.2 Å². The molecule has 0 N–H and O–H groups in total. The van der Waals surface area contributed by atoms with Crippen molar-refractivity contribution in [3.05, 3.63) is 94.5 Å². The highest BCUT2D eigenvalue weighted by atomic mass is 28.5. The van der Waals surface area contributed by atoms with E-state index in [0.717, 1.165) is 11.1 Å². The molecule has 2 heterocycles. The van der Waals surface area contributed by atoms with Crippen LogP contribution in [0.4, 0.5) is 0 Å². The lowest BCUT2D eigenvalue weighted by Gasteiger charge is -2.44. The van der Waals surface area contributed by atoms with E-state index in [1.54, 1.807) is 0 Å². The summed E-state index contributed by atoms with van der Waals surface area (Å²) in [7, 11) is -8.30. The highest BCUT2D eigenvalue weighted by Crippen LogP contribution is 2.41. The van der Waals surface area contributed by atoms with E-state index >= 15 is 0 Å². The minimum Gasteiger partial charge on any atom is -0.460 e. The molecule has 3 aromatic rings. The first kappa shape index (κ1) is 35.6. The van der Waals surface area contributed by atoms with Gasteiger partial charge in [-0.25, -0.2) is 4.79 Å². The van der Waals surface area contributed by atoms with E-state index in [0.29, 0.717) is 0 Å². The third kappa shape index (κ3) is 9.63. The number of hydrogen-bond donors (Lipinski definition) is 0. The van der Waals surface area contributed by atoms with Crippen LogP contribution in [0, 0.1) is 0 Å². The van der Waals surface area contributed by atoms with Crippen LogP contribution in [-0.2, 0) is 31.7 Å². The van der Waals surface area contributed by atoms with Crippen molar-refractivity contribution in [2.75, 3.05) is 6.61 Å². The molecular formula is C32H44N2O9Si3. The van der Waals surface area contributed by atoms with Gasteiger partial charge in [0, 0.05) is 32.5 Å². The van der Waals surface area contributed by atoms with Crippen molar-refractivity contribution in [3.8, 4) is 5.88 Å². The molecule has 11 nitrogen and oxygen atoms in total. The first-order valence-electron chi connectivity index (χ1n) is 15.3. The minimum atomic E-state index is -3.68. The summed E-state index contributed by atoms with van der Waals surface area (Å²) in [6, 6.07) is 21.6. The summed E-state index contributed by atoms with van der Waals surface area (Å²) in [5.41, 5.74) is 0.986. The first-order valence-corrected chi connectivity index (χ1v) is 23.9. The number of carbonyl (C=O) groups excluding carboxylic acids is 2. The summed E-state index contributed by atoms with van der Waals surface area (Å²) in [6.07, 6.45) is -0.658. The summed E-state index contributed by atoms with van der Waals surface area (Å²) >= 11 is 0. The Balaban J connectivity index is 1.75. The number of ether oxygens (including phenoxy) is 3. The fourth-order valence-corrected chi connectivity index (χ4v) is 16.0. The maximum atomic E-state index is 12.9. The molecule has 2 aromatic carbocycles. The Morgan fingerprint density at radius 3 is 1.87 bits per heavy atom. The lowest BCUT2D eigenvalue weighted by molar-refractivity contribution is -0.150. The number of benzene rings is 2. The van der Waals surface area contributed by atoms with Gasteiger partial charge < -0.3 is 26.9 Å². The van der Waals surface area contributed by atoms with Crippen LogP contribution in [0.2, 0.25) is 39.3 Å². The lowest BCUT2D eigenvalue weighted by atomic mass is 10.0. The Labute approximate surface area is 273 Å². The Morgan fingerprint density at radius 1 is 0.870 bits per heavy atom. The molecule has 14 heteroatoms. The maximum Gasteiger partial charge on any atom is 0.492 e. The molecule has 0 saturated carbocycles. The van der Waals surface area contributed by atoms with E-state index in [-0.39, 0.29) is 24.4 Å². The van der Waals surface area contributed by atoms with Gasteiger partial charge >= 0.3 is 26.4 Å². The molecule has 1 fully saturated rings. The van der Waals surface area contributed by atoms with Gasteiger partial charge in [-0.15, -0.1) is 0 Å². The van der Waals surface area contributed by atoms with Gasteiger partial charge in [-0.1, -0.05) is 60.7 Å². The summed E-state index contributed by atoms with van der Waals surface area (Å²) < 4.78 is 39.5. The second-order valence-corrected chi connectivity index (χ2v) is 25.3. The number of aromatic nitrogens is 2. The fourth-order valence-electron chi connectivity index (χ4n) is 5.40. The van der Waals surface area contributed by atoms with Crippen LogP contribution < -0.4 is 10.4 Å². The second-order valence-electron chi connectivity index (χ2n) is 13.2. The molecule has 1 aliphatic rings. The Morgan fingerprint density at radius 2 is 1.41 bits per heavy atom. The van der Waals surface area contributed by atoms with Crippen molar-refractivity contribution < 1.29 is 36.5 Å². The molecule has 0 bridgehead atoms. The van der Waals surface area contributed by atoms with Gasteiger partial charge in [0.05, 0.1) is 12.1 Å². The predicted octanol–water partition coefficient (Wildman–Crippen LogP) is 5.42. The summed E-state index contributed by atoms with van der Waals surface area (Å²) in [5.74, 6) is -1.19. The largest absolute Gasteiger partial charge is 0.492 e. The van der Waals surface area contributed by atoms with Crippen molar-refractivity contribution in [1.82, 2.24) is 9.55 Å². The molecule has 0 aliphatic carbocycles. The third-order valence-corrected chi connectivity index (χ3v) is 15.9. The monoisotopic (exact) mass is 684 g/mol. The van der Waals surface area contributed by atoms with Gasteiger partial charge in [-0.05, 0) is 50.4 Å². The van der Waals surface area contributed by atoms with Crippen LogP contribution in [-0.4, -0.2) is 65.7 Å². The normalized spacial score (nSPS) is 18.8. The van der Waals surface area contributed by atoms with Gasteiger partial charge in [0.15, 0.2) is 16.6 Å². The number of carbonyl (C=O) groups is 2. The summed E-state index contributed by atoms with van der Waals surface area (Å²) in [5, 5.41) is 0. The van der Waals surface area contributed by atoms with Gasteiger partial charge in [-0.2, -0.15) is 4.98 Å². The van der Waals surface area contributed by atoms with E-state index in [1.165, 1.54) is 30.7 Å². The summed E-state index contributed by atoms with van der Waals surface area (Å²) in [6.45, 7) is 15.2. The van der Waals surface area contributed by atoms with E-state index in [9.17, 15) is 14.4 Å². The van der Waals surface area contributed by atoms with Crippen LogP contribution in [0.1, 0.15) is 43.2 Å². The summed E-state index contributed by atoms with van der Waals surface area (Å²) in [4.78, 5) is 40.3. The van der Waals surface area contributed by atoms with Gasteiger partial charge in [0.1, 0.15) is 18.4 Å². The zero-order valence-electron chi connectivity index (χ0n) is 27.7. The third-order valence-electron chi connectivity index (χ3n) is 6.83. The Bertz CT molecular complexity index is 1490. The van der Waals surface area contributed by atoms with Crippen LogP contribution >= 0.6 is 0 Å². The van der Waals surface area contributed by atoms with E-state index in [1.807, 2.05) is 36.4 Å². The molecule has 0 amide bonds. The highest BCUT2D eigenvalue weighted by Gasteiger charge is 2.56.